The molecule has 2 N–H and O–H groups in total. The van der Waals surface area contributed by atoms with Gasteiger partial charge in [-0.2, -0.15) is 0 Å². The zero-order chi connectivity index (χ0) is 29.5. The highest BCUT2D eigenvalue weighted by molar-refractivity contribution is 6.43. The Labute approximate surface area is 247 Å². The number of fused-ring (bicyclic) bond motifs is 4. The van der Waals surface area contributed by atoms with Crippen molar-refractivity contribution in [3.8, 4) is 5.75 Å². The molecule has 7 heteroatoms. The van der Waals surface area contributed by atoms with Gasteiger partial charge in [-0.25, -0.2) is 0 Å². The van der Waals surface area contributed by atoms with Gasteiger partial charge in [-0.05, 0) is 78.6 Å². The van der Waals surface area contributed by atoms with Gasteiger partial charge in [-0.15, -0.1) is 0 Å². The van der Waals surface area contributed by atoms with Crippen molar-refractivity contribution in [1.82, 2.24) is 0 Å². The smallest absolute Gasteiger partial charge is 0.455 e. The summed E-state index contributed by atoms with van der Waals surface area (Å²) in [5, 5.41) is 23.1. The molecule has 0 unspecified atom stereocenters. The number of anilines is 1. The second-order valence-electron chi connectivity index (χ2n) is 12.2. The number of nitrogens with zero attached hydrogens (tertiary/aromatic N) is 1. The molecular formula is C35H38BNO5. The molecule has 0 bridgehead atoms. The fraction of sp³-hybridized carbons (Fsp3) is 0.371. The quantitative estimate of drug-likeness (QED) is 0.188. The van der Waals surface area contributed by atoms with Gasteiger partial charge in [0.1, 0.15) is 5.75 Å². The topological polar surface area (TPSA) is 87.1 Å². The van der Waals surface area contributed by atoms with Crippen LogP contribution in [-0.4, -0.2) is 35.2 Å². The molecule has 42 heavy (non-hydrogen) atoms. The Balaban J connectivity index is 1.31. The number of phenolic OH excluding ortho intramolecular Hbond substituents is 1. The van der Waals surface area contributed by atoms with Crippen LogP contribution in [0.3, 0.4) is 0 Å². The molecule has 2 saturated heterocycles. The number of aromatic hydroxyl groups is 1. The summed E-state index contributed by atoms with van der Waals surface area (Å²) in [6.07, 6.45) is 5.04. The molecule has 0 saturated carbocycles. The SMILES string of the molecule is CC/C(=C\c1ccc(O)c2ccccc12)CC[C@H]1OB(O)C[C@H]2C1=C(C(C)C)C[C@H]1C(=O)N(c3ccccc3)C(=O)[C@H]12. The Bertz CT molecular complexity index is 1580. The van der Waals surface area contributed by atoms with Crippen molar-refractivity contribution in [3.05, 3.63) is 89.0 Å². The van der Waals surface area contributed by atoms with Crippen LogP contribution in [0.2, 0.25) is 6.32 Å². The Morgan fingerprint density at radius 3 is 2.43 bits per heavy atom. The molecule has 2 fully saturated rings. The van der Waals surface area contributed by atoms with E-state index in [0.29, 0.717) is 24.8 Å². The highest BCUT2D eigenvalue weighted by atomic mass is 16.5. The second kappa shape index (κ2) is 11.5. The summed E-state index contributed by atoms with van der Waals surface area (Å²) in [4.78, 5) is 28.9. The molecule has 0 aromatic heterocycles. The van der Waals surface area contributed by atoms with Gasteiger partial charge in [0.05, 0.1) is 23.6 Å². The number of amides is 2. The highest BCUT2D eigenvalue weighted by Gasteiger charge is 2.57. The monoisotopic (exact) mass is 563 g/mol. The van der Waals surface area contributed by atoms with Gasteiger partial charge in [0.15, 0.2) is 0 Å². The van der Waals surface area contributed by atoms with E-state index in [1.54, 1.807) is 6.07 Å². The summed E-state index contributed by atoms with van der Waals surface area (Å²) < 4.78 is 6.22. The predicted molar refractivity (Wildman–Crippen MR) is 167 cm³/mol. The lowest BCUT2D eigenvalue weighted by Crippen LogP contribution is -2.46. The first kappa shape index (κ1) is 28.4. The van der Waals surface area contributed by atoms with E-state index in [1.807, 2.05) is 60.7 Å². The van der Waals surface area contributed by atoms with Crippen LogP contribution in [0.1, 0.15) is 52.0 Å². The van der Waals surface area contributed by atoms with Crippen LogP contribution in [0.5, 0.6) is 5.75 Å². The zero-order valence-electron chi connectivity index (χ0n) is 24.5. The molecule has 216 valence electrons. The third kappa shape index (κ3) is 4.99. The maximum atomic E-state index is 13.9. The normalized spacial score (nSPS) is 24.5. The number of imide groups is 1. The van der Waals surface area contributed by atoms with Gasteiger partial charge in [-0.3, -0.25) is 14.5 Å². The van der Waals surface area contributed by atoms with Gasteiger partial charge in [-0.1, -0.05) is 86.5 Å². The van der Waals surface area contributed by atoms with Gasteiger partial charge in [0.25, 0.3) is 0 Å². The number of benzene rings is 3. The van der Waals surface area contributed by atoms with Gasteiger partial charge in [0.2, 0.25) is 11.8 Å². The minimum atomic E-state index is -0.986. The predicted octanol–water partition coefficient (Wildman–Crippen LogP) is 6.78. The first-order valence-corrected chi connectivity index (χ1v) is 15.2. The molecule has 1 aliphatic carbocycles. The van der Waals surface area contributed by atoms with E-state index in [-0.39, 0.29) is 35.5 Å². The summed E-state index contributed by atoms with van der Waals surface area (Å²) in [7, 11) is -0.986. The summed E-state index contributed by atoms with van der Waals surface area (Å²) >= 11 is 0. The number of hydrogen-bond donors (Lipinski definition) is 2. The molecule has 0 spiro atoms. The third-order valence-electron chi connectivity index (χ3n) is 9.43. The Kier molecular flexibility index (Phi) is 7.82. The van der Waals surface area contributed by atoms with Crippen LogP contribution in [0.25, 0.3) is 16.8 Å². The summed E-state index contributed by atoms with van der Waals surface area (Å²) in [5.74, 6) is -0.959. The number of allylic oxidation sites excluding steroid dienone is 2. The molecule has 2 heterocycles. The van der Waals surface area contributed by atoms with Crippen molar-refractivity contribution in [2.75, 3.05) is 4.90 Å². The average Bonchev–Trinajstić information content (AvgIpc) is 3.25. The lowest BCUT2D eigenvalue weighted by molar-refractivity contribution is -0.122. The molecule has 3 aromatic rings. The van der Waals surface area contributed by atoms with Crippen molar-refractivity contribution in [1.29, 1.82) is 0 Å². The number of phenols is 1. The van der Waals surface area contributed by atoms with Crippen molar-refractivity contribution in [2.24, 2.45) is 23.7 Å². The molecule has 2 aliphatic heterocycles. The number of para-hydroxylation sites is 1. The Morgan fingerprint density at radius 1 is 1.00 bits per heavy atom. The van der Waals surface area contributed by atoms with Crippen LogP contribution in [0.15, 0.2) is 83.4 Å². The van der Waals surface area contributed by atoms with Crippen molar-refractivity contribution in [2.45, 2.75) is 58.9 Å². The standard InChI is InChI=1S/C35H38BNO5/c1-4-22(18-23-15-16-30(38)26-13-9-8-12-25(23)26)14-17-31-32-27(21(2)3)19-28-33(29(32)20-36(41)42-31)35(40)37(34(28)39)24-10-6-5-7-11-24/h5-13,15-16,18,21,28-29,31,33,38,41H,4,14,17,19-20H2,1-3H3/b22-18+/t28-,29+,31-,33-/m1/s1. The van der Waals surface area contributed by atoms with E-state index in [0.717, 1.165) is 34.8 Å². The maximum absolute atomic E-state index is 13.9. The fourth-order valence-corrected chi connectivity index (χ4v) is 7.40. The van der Waals surface area contributed by atoms with E-state index in [1.165, 1.54) is 16.0 Å². The fourth-order valence-electron chi connectivity index (χ4n) is 7.40. The minimum Gasteiger partial charge on any atom is -0.507 e. The average molecular weight is 564 g/mol. The minimum absolute atomic E-state index is 0.136. The number of carbonyl (C=O) groups is 2. The molecule has 0 radical (unpaired) electrons. The zero-order valence-corrected chi connectivity index (χ0v) is 24.5. The van der Waals surface area contributed by atoms with Crippen molar-refractivity contribution < 1.29 is 24.4 Å². The van der Waals surface area contributed by atoms with Crippen LogP contribution in [0.4, 0.5) is 5.69 Å². The van der Waals surface area contributed by atoms with Crippen LogP contribution < -0.4 is 4.90 Å². The molecule has 3 aliphatic rings. The van der Waals surface area contributed by atoms with Crippen molar-refractivity contribution >= 4 is 41.5 Å². The number of hydrogen-bond acceptors (Lipinski definition) is 5. The van der Waals surface area contributed by atoms with E-state index >= 15 is 0 Å². The van der Waals surface area contributed by atoms with Crippen LogP contribution >= 0.6 is 0 Å². The largest absolute Gasteiger partial charge is 0.507 e. The van der Waals surface area contributed by atoms with Gasteiger partial charge in [0, 0.05) is 5.39 Å². The molecule has 6 nitrogen and oxygen atoms in total. The molecule has 4 atom stereocenters. The first-order chi connectivity index (χ1) is 20.3. The maximum Gasteiger partial charge on any atom is 0.455 e. The second-order valence-corrected chi connectivity index (χ2v) is 12.2. The molecular weight excluding hydrogens is 525 g/mol. The lowest BCUT2D eigenvalue weighted by atomic mass is 9.57. The summed E-state index contributed by atoms with van der Waals surface area (Å²) in [5.41, 5.74) is 5.23. The van der Waals surface area contributed by atoms with E-state index < -0.39 is 19.0 Å². The van der Waals surface area contributed by atoms with E-state index in [4.69, 9.17) is 4.65 Å². The molecule has 2 amide bonds. The molecule has 3 aromatic carbocycles. The Morgan fingerprint density at radius 2 is 1.71 bits per heavy atom. The van der Waals surface area contributed by atoms with Gasteiger partial charge >= 0.3 is 7.12 Å². The van der Waals surface area contributed by atoms with E-state index in [9.17, 15) is 19.7 Å². The third-order valence-corrected chi connectivity index (χ3v) is 9.43. The van der Waals surface area contributed by atoms with Gasteiger partial charge < -0.3 is 14.8 Å². The van der Waals surface area contributed by atoms with Crippen LogP contribution in [0, 0.1) is 23.7 Å². The number of carbonyl (C=O) groups excluding carboxylic acids is 2. The lowest BCUT2D eigenvalue weighted by Gasteiger charge is -2.44. The highest BCUT2D eigenvalue weighted by Crippen LogP contribution is 2.52. The van der Waals surface area contributed by atoms with Crippen molar-refractivity contribution in [3.63, 3.8) is 0 Å². The Hall–Kier alpha value is -3.68. The van der Waals surface area contributed by atoms with Crippen LogP contribution in [-0.2, 0) is 14.2 Å². The summed E-state index contributed by atoms with van der Waals surface area (Å²) in [6.45, 7) is 6.43. The first-order valence-electron chi connectivity index (χ1n) is 15.2. The number of rotatable bonds is 7. The van der Waals surface area contributed by atoms with E-state index in [2.05, 4.69) is 26.8 Å². The summed E-state index contributed by atoms with van der Waals surface area (Å²) in [6, 6.07) is 20.7. The molecule has 6 rings (SSSR count).